The van der Waals surface area contributed by atoms with E-state index in [4.69, 9.17) is 10.8 Å². The first-order chi connectivity index (χ1) is 8.72. The molecule has 19 heavy (non-hydrogen) atoms. The summed E-state index contributed by atoms with van der Waals surface area (Å²) in [5, 5.41) is 13.2. The van der Waals surface area contributed by atoms with Crippen LogP contribution in [0, 0.1) is 0 Å². The van der Waals surface area contributed by atoms with Gasteiger partial charge in [-0.1, -0.05) is 0 Å². The molecule has 0 aromatic carbocycles. The van der Waals surface area contributed by atoms with E-state index in [1.54, 1.807) is 0 Å². The lowest BCUT2D eigenvalue weighted by Crippen LogP contribution is -2.51. The Morgan fingerprint density at radius 3 is 2.84 bits per heavy atom. The molecule has 0 saturated heterocycles. The zero-order valence-corrected chi connectivity index (χ0v) is 11.4. The molecule has 2 atom stereocenters. The van der Waals surface area contributed by atoms with Crippen molar-refractivity contribution in [1.29, 1.82) is 0 Å². The molecular formula is C11H17N3O4S. The lowest BCUT2D eigenvalue weighted by Gasteiger charge is -2.34. The van der Waals surface area contributed by atoms with Crippen LogP contribution in [0.5, 0.6) is 0 Å². The van der Waals surface area contributed by atoms with Crippen molar-refractivity contribution in [3.63, 3.8) is 0 Å². The number of aliphatic carboxylic acids is 1. The molecule has 0 spiro atoms. The smallest absolute Gasteiger partial charge is 0.323 e. The maximum atomic E-state index is 11.4. The Kier molecular flexibility index (Phi) is 3.40. The fraction of sp³-hybridized carbons (Fsp3) is 0.636. The molecule has 0 amide bonds. The van der Waals surface area contributed by atoms with Crippen molar-refractivity contribution in [3.8, 4) is 0 Å². The highest BCUT2D eigenvalue weighted by molar-refractivity contribution is 7.90. The lowest BCUT2D eigenvalue weighted by molar-refractivity contribution is -0.145. The molecule has 3 N–H and O–H groups in total. The standard InChI is InChI=1S/C11H17N3O4S/c1-19(17,18)9-6-13-14(7-9)8-3-2-4-11(12,5-8)10(15)16/h6-8H,2-5,12H2,1H3,(H,15,16). The second-order valence-electron chi connectivity index (χ2n) is 5.14. The Balaban J connectivity index is 2.23. The number of carbonyl (C=O) groups is 1. The summed E-state index contributed by atoms with van der Waals surface area (Å²) in [6.45, 7) is 0. The first-order valence-electron chi connectivity index (χ1n) is 5.99. The molecule has 1 fully saturated rings. The largest absolute Gasteiger partial charge is 0.480 e. The van der Waals surface area contributed by atoms with Crippen molar-refractivity contribution >= 4 is 15.8 Å². The average molecular weight is 287 g/mol. The summed E-state index contributed by atoms with van der Waals surface area (Å²) in [5.41, 5.74) is 4.61. The average Bonchev–Trinajstić information content (AvgIpc) is 2.77. The van der Waals surface area contributed by atoms with Gasteiger partial charge in [-0.25, -0.2) is 8.42 Å². The summed E-state index contributed by atoms with van der Waals surface area (Å²) in [6, 6.07) is -0.176. The molecule has 106 valence electrons. The quantitative estimate of drug-likeness (QED) is 0.819. The SMILES string of the molecule is CS(=O)(=O)c1cnn(C2CCCC(N)(C(=O)O)C2)c1. The zero-order chi connectivity index (χ0) is 14.3. The third-order valence-corrected chi connectivity index (χ3v) is 4.63. The first kappa shape index (κ1) is 14.0. The molecule has 1 saturated carbocycles. The summed E-state index contributed by atoms with van der Waals surface area (Å²) in [6.07, 6.45) is 5.95. The first-order valence-corrected chi connectivity index (χ1v) is 7.88. The molecule has 1 heterocycles. The van der Waals surface area contributed by atoms with E-state index < -0.39 is 21.3 Å². The van der Waals surface area contributed by atoms with Gasteiger partial charge in [0.15, 0.2) is 9.84 Å². The maximum Gasteiger partial charge on any atom is 0.323 e. The number of carboxylic acids is 1. The van der Waals surface area contributed by atoms with E-state index in [9.17, 15) is 13.2 Å². The van der Waals surface area contributed by atoms with E-state index in [0.717, 1.165) is 12.7 Å². The number of hydrogen-bond donors (Lipinski definition) is 2. The highest BCUT2D eigenvalue weighted by Gasteiger charge is 2.40. The fourth-order valence-corrected chi connectivity index (χ4v) is 2.95. The van der Waals surface area contributed by atoms with Crippen molar-refractivity contribution in [1.82, 2.24) is 9.78 Å². The zero-order valence-electron chi connectivity index (χ0n) is 10.6. The van der Waals surface area contributed by atoms with Gasteiger partial charge < -0.3 is 10.8 Å². The summed E-state index contributed by atoms with van der Waals surface area (Å²) in [5.74, 6) is -1.02. The fourth-order valence-electron chi connectivity index (χ4n) is 2.41. The monoisotopic (exact) mass is 287 g/mol. The number of rotatable bonds is 3. The number of hydrogen-bond acceptors (Lipinski definition) is 5. The Hall–Kier alpha value is -1.41. The topological polar surface area (TPSA) is 115 Å². The van der Waals surface area contributed by atoms with Crippen molar-refractivity contribution in [2.45, 2.75) is 42.2 Å². The number of sulfone groups is 1. The van der Waals surface area contributed by atoms with Crippen LogP contribution in [0.3, 0.4) is 0 Å². The predicted octanol–water partition coefficient (Wildman–Crippen LogP) is 0.184. The second-order valence-corrected chi connectivity index (χ2v) is 7.16. The number of nitrogens with two attached hydrogens (primary N) is 1. The molecule has 0 aliphatic heterocycles. The van der Waals surface area contributed by atoms with Crippen LogP contribution < -0.4 is 5.73 Å². The van der Waals surface area contributed by atoms with Crippen LogP contribution in [0.25, 0.3) is 0 Å². The molecule has 0 bridgehead atoms. The van der Waals surface area contributed by atoms with Crippen LogP contribution in [0.2, 0.25) is 0 Å². The second kappa shape index (κ2) is 4.61. The van der Waals surface area contributed by atoms with E-state index in [1.165, 1.54) is 17.1 Å². The minimum Gasteiger partial charge on any atom is -0.480 e. The Labute approximate surface area is 111 Å². The van der Waals surface area contributed by atoms with Gasteiger partial charge >= 0.3 is 5.97 Å². The van der Waals surface area contributed by atoms with Gasteiger partial charge in [0.2, 0.25) is 0 Å². The molecule has 1 aliphatic carbocycles. The van der Waals surface area contributed by atoms with Crippen LogP contribution >= 0.6 is 0 Å². The van der Waals surface area contributed by atoms with Gasteiger partial charge in [-0.2, -0.15) is 5.10 Å². The van der Waals surface area contributed by atoms with Crippen molar-refractivity contribution in [3.05, 3.63) is 12.4 Å². The van der Waals surface area contributed by atoms with Gasteiger partial charge in [0.25, 0.3) is 0 Å². The maximum absolute atomic E-state index is 11.4. The Bertz CT molecular complexity index is 595. The van der Waals surface area contributed by atoms with E-state index in [-0.39, 0.29) is 17.4 Å². The predicted molar refractivity (Wildman–Crippen MR) is 67.4 cm³/mol. The van der Waals surface area contributed by atoms with Crippen LogP contribution in [0.1, 0.15) is 31.7 Å². The summed E-state index contributed by atoms with van der Waals surface area (Å²) in [7, 11) is -3.30. The van der Waals surface area contributed by atoms with Gasteiger partial charge in [-0.15, -0.1) is 0 Å². The molecular weight excluding hydrogens is 270 g/mol. The van der Waals surface area contributed by atoms with Gasteiger partial charge in [0.05, 0.1) is 12.2 Å². The van der Waals surface area contributed by atoms with E-state index in [2.05, 4.69) is 5.10 Å². The molecule has 1 aliphatic rings. The minimum absolute atomic E-state index is 0.135. The van der Waals surface area contributed by atoms with E-state index in [1.807, 2.05) is 0 Å². The highest BCUT2D eigenvalue weighted by atomic mass is 32.2. The molecule has 2 rings (SSSR count). The van der Waals surface area contributed by atoms with Crippen LogP contribution in [-0.4, -0.2) is 41.1 Å². The molecule has 8 heteroatoms. The summed E-state index contributed by atoms with van der Waals surface area (Å²) < 4.78 is 24.3. The molecule has 2 unspecified atom stereocenters. The number of aromatic nitrogens is 2. The highest BCUT2D eigenvalue weighted by Crippen LogP contribution is 2.34. The number of nitrogens with zero attached hydrogens (tertiary/aromatic N) is 2. The van der Waals surface area contributed by atoms with E-state index in [0.29, 0.717) is 12.8 Å². The summed E-state index contributed by atoms with van der Waals surface area (Å²) >= 11 is 0. The number of carboxylic acid groups (broad SMARTS) is 1. The van der Waals surface area contributed by atoms with Gasteiger partial charge in [-0.05, 0) is 25.7 Å². The summed E-state index contributed by atoms with van der Waals surface area (Å²) in [4.78, 5) is 11.3. The van der Waals surface area contributed by atoms with Gasteiger partial charge in [-0.3, -0.25) is 9.48 Å². The lowest BCUT2D eigenvalue weighted by atomic mass is 9.80. The molecule has 1 aromatic rings. The molecule has 1 aromatic heterocycles. The Morgan fingerprint density at radius 1 is 1.63 bits per heavy atom. The van der Waals surface area contributed by atoms with Gasteiger partial charge in [0, 0.05) is 12.5 Å². The van der Waals surface area contributed by atoms with Gasteiger partial charge in [0.1, 0.15) is 10.4 Å². The van der Waals surface area contributed by atoms with Crippen molar-refractivity contribution in [2.75, 3.05) is 6.26 Å². The third kappa shape index (κ3) is 2.79. The van der Waals surface area contributed by atoms with E-state index >= 15 is 0 Å². The van der Waals surface area contributed by atoms with Crippen LogP contribution in [-0.2, 0) is 14.6 Å². The van der Waals surface area contributed by atoms with Crippen molar-refractivity contribution < 1.29 is 18.3 Å². The Morgan fingerprint density at radius 2 is 2.32 bits per heavy atom. The molecule has 7 nitrogen and oxygen atoms in total. The van der Waals surface area contributed by atoms with Crippen LogP contribution in [0.4, 0.5) is 0 Å². The molecule has 0 radical (unpaired) electrons. The third-order valence-electron chi connectivity index (χ3n) is 3.57. The van der Waals surface area contributed by atoms with Crippen molar-refractivity contribution in [2.24, 2.45) is 5.73 Å². The van der Waals surface area contributed by atoms with Crippen LogP contribution in [0.15, 0.2) is 17.3 Å². The minimum atomic E-state index is -3.30. The normalized spacial score (nSPS) is 28.2.